The highest BCUT2D eigenvalue weighted by atomic mass is 35.5. The standard InChI is InChI=1S/C17H21N3O2.2ClH/c1-12-3-5-14(6-4-12)16-15(19-11-22-16)17(21)20-8-7-13(10-20)9-18-2;;/h3-6,11,13,18H,7-10H2,1-2H3;2*1H. The van der Waals surface area contributed by atoms with Crippen molar-refractivity contribution in [2.45, 2.75) is 13.3 Å². The third kappa shape index (κ3) is 4.29. The van der Waals surface area contributed by atoms with Crippen molar-refractivity contribution in [3.63, 3.8) is 0 Å². The Morgan fingerprint density at radius 1 is 1.33 bits per heavy atom. The second-order valence-electron chi connectivity index (χ2n) is 5.86. The molecule has 1 unspecified atom stereocenters. The number of hydrogen-bond acceptors (Lipinski definition) is 4. The summed E-state index contributed by atoms with van der Waals surface area (Å²) in [5.41, 5.74) is 2.47. The monoisotopic (exact) mass is 371 g/mol. The number of nitrogens with zero attached hydrogens (tertiary/aromatic N) is 2. The number of hydrogen-bond donors (Lipinski definition) is 1. The highest BCUT2D eigenvalue weighted by molar-refractivity contribution is 5.97. The fraction of sp³-hybridized carbons (Fsp3) is 0.412. The summed E-state index contributed by atoms with van der Waals surface area (Å²) in [5, 5.41) is 3.17. The van der Waals surface area contributed by atoms with E-state index < -0.39 is 0 Å². The van der Waals surface area contributed by atoms with Crippen LogP contribution in [0.2, 0.25) is 0 Å². The fourth-order valence-corrected chi connectivity index (χ4v) is 2.93. The third-order valence-electron chi connectivity index (χ3n) is 4.15. The molecule has 1 atom stereocenters. The number of amides is 1. The third-order valence-corrected chi connectivity index (χ3v) is 4.15. The molecule has 0 saturated carbocycles. The summed E-state index contributed by atoms with van der Waals surface area (Å²) in [6.45, 7) is 4.53. The van der Waals surface area contributed by atoms with Gasteiger partial charge in [-0.1, -0.05) is 29.8 Å². The van der Waals surface area contributed by atoms with Gasteiger partial charge in [-0.15, -0.1) is 24.8 Å². The number of halogens is 2. The van der Waals surface area contributed by atoms with Crippen molar-refractivity contribution in [2.75, 3.05) is 26.7 Å². The maximum Gasteiger partial charge on any atom is 0.276 e. The predicted octanol–water partition coefficient (Wildman–Crippen LogP) is 3.18. The molecule has 0 spiro atoms. The molecule has 1 amide bonds. The zero-order chi connectivity index (χ0) is 15.5. The molecule has 2 aromatic rings. The van der Waals surface area contributed by atoms with Crippen LogP contribution >= 0.6 is 24.8 Å². The molecule has 1 aromatic carbocycles. The molecular formula is C17H23Cl2N3O2. The lowest BCUT2D eigenvalue weighted by atomic mass is 10.1. The van der Waals surface area contributed by atoms with Crippen molar-refractivity contribution in [3.8, 4) is 11.3 Å². The Labute approximate surface area is 154 Å². The zero-order valence-electron chi connectivity index (χ0n) is 13.8. The molecule has 1 saturated heterocycles. The van der Waals surface area contributed by atoms with Gasteiger partial charge in [0.15, 0.2) is 17.8 Å². The molecule has 132 valence electrons. The predicted molar refractivity (Wildman–Crippen MR) is 99.1 cm³/mol. The van der Waals surface area contributed by atoms with E-state index in [0.29, 0.717) is 17.4 Å². The van der Waals surface area contributed by atoms with Gasteiger partial charge in [-0.05, 0) is 32.9 Å². The van der Waals surface area contributed by atoms with Gasteiger partial charge in [0.1, 0.15) is 0 Å². The normalized spacial score (nSPS) is 16.4. The molecule has 5 nitrogen and oxygen atoms in total. The minimum Gasteiger partial charge on any atom is -0.443 e. The van der Waals surface area contributed by atoms with Gasteiger partial charge in [0.05, 0.1) is 0 Å². The van der Waals surface area contributed by atoms with Crippen molar-refractivity contribution in [2.24, 2.45) is 5.92 Å². The number of carbonyl (C=O) groups excluding carboxylic acids is 1. The topological polar surface area (TPSA) is 58.4 Å². The second kappa shape index (κ2) is 9.06. The minimum atomic E-state index is -0.0390. The Hall–Kier alpha value is -1.56. The van der Waals surface area contributed by atoms with Gasteiger partial charge in [0.25, 0.3) is 5.91 Å². The van der Waals surface area contributed by atoms with Gasteiger partial charge in [-0.25, -0.2) is 4.98 Å². The summed E-state index contributed by atoms with van der Waals surface area (Å²) >= 11 is 0. The van der Waals surface area contributed by atoms with Gasteiger partial charge in [-0.3, -0.25) is 4.79 Å². The van der Waals surface area contributed by atoms with Crippen LogP contribution in [0.1, 0.15) is 22.5 Å². The lowest BCUT2D eigenvalue weighted by Crippen LogP contribution is -2.30. The fourth-order valence-electron chi connectivity index (χ4n) is 2.93. The minimum absolute atomic E-state index is 0. The molecule has 7 heteroatoms. The second-order valence-corrected chi connectivity index (χ2v) is 5.86. The summed E-state index contributed by atoms with van der Waals surface area (Å²) in [4.78, 5) is 18.7. The van der Waals surface area contributed by atoms with E-state index in [2.05, 4.69) is 10.3 Å². The first-order valence-electron chi connectivity index (χ1n) is 7.63. The Kier molecular flexibility index (Phi) is 7.73. The molecular weight excluding hydrogens is 349 g/mol. The summed E-state index contributed by atoms with van der Waals surface area (Å²) in [6.07, 6.45) is 2.38. The van der Waals surface area contributed by atoms with Crippen LogP contribution in [0.5, 0.6) is 0 Å². The number of oxazole rings is 1. The summed E-state index contributed by atoms with van der Waals surface area (Å²) < 4.78 is 5.47. The van der Waals surface area contributed by atoms with Crippen molar-refractivity contribution < 1.29 is 9.21 Å². The van der Waals surface area contributed by atoms with Crippen LogP contribution in [0.25, 0.3) is 11.3 Å². The molecule has 3 rings (SSSR count). The van der Waals surface area contributed by atoms with Gasteiger partial charge in [-0.2, -0.15) is 0 Å². The maximum atomic E-state index is 12.7. The van der Waals surface area contributed by atoms with E-state index in [9.17, 15) is 4.79 Å². The van der Waals surface area contributed by atoms with Gasteiger partial charge >= 0.3 is 0 Å². The van der Waals surface area contributed by atoms with E-state index in [0.717, 1.165) is 31.6 Å². The van der Waals surface area contributed by atoms with Crippen LogP contribution in [0, 0.1) is 12.8 Å². The van der Waals surface area contributed by atoms with E-state index in [4.69, 9.17) is 4.42 Å². The summed E-state index contributed by atoms with van der Waals surface area (Å²) in [7, 11) is 1.94. The quantitative estimate of drug-likeness (QED) is 0.896. The number of benzene rings is 1. The van der Waals surface area contributed by atoms with Crippen molar-refractivity contribution >= 4 is 30.7 Å². The Morgan fingerprint density at radius 3 is 2.71 bits per heavy atom. The zero-order valence-corrected chi connectivity index (χ0v) is 15.5. The lowest BCUT2D eigenvalue weighted by Gasteiger charge is -2.15. The Balaban J connectivity index is 0.00000144. The van der Waals surface area contributed by atoms with E-state index in [1.807, 2.05) is 43.1 Å². The van der Waals surface area contributed by atoms with E-state index in [1.54, 1.807) is 0 Å². The maximum absolute atomic E-state index is 12.7. The first kappa shape index (κ1) is 20.5. The molecule has 1 aliphatic rings. The highest BCUT2D eigenvalue weighted by Crippen LogP contribution is 2.26. The molecule has 0 radical (unpaired) electrons. The van der Waals surface area contributed by atoms with Crippen LogP contribution in [-0.4, -0.2) is 42.5 Å². The van der Waals surface area contributed by atoms with Crippen LogP contribution in [0.4, 0.5) is 0 Å². The van der Waals surface area contributed by atoms with E-state index in [1.165, 1.54) is 12.0 Å². The lowest BCUT2D eigenvalue weighted by molar-refractivity contribution is 0.0782. The molecule has 1 aromatic heterocycles. The number of carbonyl (C=O) groups is 1. The Morgan fingerprint density at radius 2 is 2.04 bits per heavy atom. The van der Waals surface area contributed by atoms with Crippen LogP contribution < -0.4 is 5.32 Å². The van der Waals surface area contributed by atoms with Crippen molar-refractivity contribution in [1.29, 1.82) is 0 Å². The first-order valence-corrected chi connectivity index (χ1v) is 7.63. The van der Waals surface area contributed by atoms with Gasteiger partial charge in [0.2, 0.25) is 0 Å². The van der Waals surface area contributed by atoms with Crippen LogP contribution in [0.3, 0.4) is 0 Å². The Bertz CT molecular complexity index is 658. The number of aryl methyl sites for hydroxylation is 1. The van der Waals surface area contributed by atoms with Gasteiger partial charge < -0.3 is 14.6 Å². The van der Waals surface area contributed by atoms with Gasteiger partial charge in [0, 0.05) is 18.7 Å². The largest absolute Gasteiger partial charge is 0.443 e. The molecule has 0 bridgehead atoms. The van der Waals surface area contributed by atoms with Crippen molar-refractivity contribution in [3.05, 3.63) is 41.9 Å². The number of nitrogens with one attached hydrogen (secondary N) is 1. The number of aromatic nitrogens is 1. The van der Waals surface area contributed by atoms with E-state index in [-0.39, 0.29) is 30.7 Å². The first-order chi connectivity index (χ1) is 10.7. The average molecular weight is 372 g/mol. The molecule has 2 heterocycles. The molecule has 1 N–H and O–H groups in total. The van der Waals surface area contributed by atoms with Crippen LogP contribution in [-0.2, 0) is 0 Å². The molecule has 0 aliphatic carbocycles. The number of likely N-dealkylation sites (tertiary alicyclic amines) is 1. The highest BCUT2D eigenvalue weighted by Gasteiger charge is 2.30. The van der Waals surface area contributed by atoms with E-state index >= 15 is 0 Å². The number of rotatable bonds is 4. The molecule has 1 fully saturated rings. The smallest absolute Gasteiger partial charge is 0.276 e. The molecule has 1 aliphatic heterocycles. The molecule has 24 heavy (non-hydrogen) atoms. The van der Waals surface area contributed by atoms with Crippen LogP contribution in [0.15, 0.2) is 35.1 Å². The summed E-state index contributed by atoms with van der Waals surface area (Å²) in [6, 6.07) is 7.93. The summed E-state index contributed by atoms with van der Waals surface area (Å²) in [5.74, 6) is 1.04. The van der Waals surface area contributed by atoms with Crippen molar-refractivity contribution in [1.82, 2.24) is 15.2 Å². The average Bonchev–Trinajstić information content (AvgIpc) is 3.17. The SMILES string of the molecule is CNCC1CCN(C(=O)c2ncoc2-c2ccc(C)cc2)C1.Cl.Cl.